The minimum atomic E-state index is 0.664. The van der Waals surface area contributed by atoms with Crippen molar-refractivity contribution in [2.24, 2.45) is 0 Å². The molecule has 0 bridgehead atoms. The SMILES string of the molecule is N#Cc1cccc(Sc2ncccc2Br)c1. The molecule has 0 amide bonds. The van der Waals surface area contributed by atoms with E-state index >= 15 is 0 Å². The quantitative estimate of drug-likeness (QED) is 0.842. The van der Waals surface area contributed by atoms with Crippen LogP contribution in [-0.2, 0) is 0 Å². The standard InChI is InChI=1S/C12H7BrN2S/c13-11-5-2-6-15-12(11)16-10-4-1-3-9(7-10)8-14/h1-7H. The predicted molar refractivity (Wildman–Crippen MR) is 67.2 cm³/mol. The summed E-state index contributed by atoms with van der Waals surface area (Å²) in [5.74, 6) is 0. The molecule has 0 atom stereocenters. The van der Waals surface area contributed by atoms with Crippen LogP contribution in [0, 0.1) is 11.3 Å². The van der Waals surface area contributed by atoms with Crippen molar-refractivity contribution in [2.75, 3.05) is 0 Å². The Labute approximate surface area is 106 Å². The van der Waals surface area contributed by atoms with Gasteiger partial charge in [-0.3, -0.25) is 0 Å². The normalized spacial score (nSPS) is 9.75. The van der Waals surface area contributed by atoms with Gasteiger partial charge >= 0.3 is 0 Å². The van der Waals surface area contributed by atoms with Crippen LogP contribution in [0.1, 0.15) is 5.56 Å². The van der Waals surface area contributed by atoms with Gasteiger partial charge in [0.25, 0.3) is 0 Å². The first-order valence-electron chi connectivity index (χ1n) is 4.58. The second-order valence-electron chi connectivity index (χ2n) is 3.03. The third-order valence-corrected chi connectivity index (χ3v) is 3.81. The summed E-state index contributed by atoms with van der Waals surface area (Å²) in [5.41, 5.74) is 0.664. The van der Waals surface area contributed by atoms with Gasteiger partial charge in [0.1, 0.15) is 5.03 Å². The van der Waals surface area contributed by atoms with Gasteiger partial charge < -0.3 is 0 Å². The van der Waals surface area contributed by atoms with Crippen molar-refractivity contribution >= 4 is 27.7 Å². The molecule has 0 unspecified atom stereocenters. The first-order chi connectivity index (χ1) is 7.79. The Morgan fingerprint density at radius 1 is 1.25 bits per heavy atom. The van der Waals surface area contributed by atoms with E-state index in [0.717, 1.165) is 14.4 Å². The van der Waals surface area contributed by atoms with E-state index in [4.69, 9.17) is 5.26 Å². The molecule has 1 aromatic heterocycles. The van der Waals surface area contributed by atoms with E-state index in [9.17, 15) is 0 Å². The maximum absolute atomic E-state index is 8.80. The second-order valence-corrected chi connectivity index (χ2v) is 4.95. The highest BCUT2D eigenvalue weighted by molar-refractivity contribution is 9.10. The zero-order chi connectivity index (χ0) is 11.4. The number of nitriles is 1. The average molecular weight is 291 g/mol. The second kappa shape index (κ2) is 5.15. The van der Waals surface area contributed by atoms with Crippen molar-refractivity contribution in [2.45, 2.75) is 9.92 Å². The fourth-order valence-electron chi connectivity index (χ4n) is 1.19. The van der Waals surface area contributed by atoms with Crippen LogP contribution in [0.15, 0.2) is 57.0 Å². The van der Waals surface area contributed by atoms with E-state index in [0.29, 0.717) is 5.56 Å². The molecule has 0 aliphatic carbocycles. The van der Waals surface area contributed by atoms with Crippen molar-refractivity contribution in [3.63, 3.8) is 0 Å². The Bertz CT molecular complexity index is 549. The zero-order valence-electron chi connectivity index (χ0n) is 8.22. The van der Waals surface area contributed by atoms with Gasteiger partial charge in [0, 0.05) is 11.1 Å². The fourth-order valence-corrected chi connectivity index (χ4v) is 2.52. The van der Waals surface area contributed by atoms with Gasteiger partial charge in [-0.25, -0.2) is 4.98 Å². The van der Waals surface area contributed by atoms with Crippen molar-refractivity contribution in [1.29, 1.82) is 5.26 Å². The summed E-state index contributed by atoms with van der Waals surface area (Å²) >= 11 is 4.98. The van der Waals surface area contributed by atoms with E-state index in [1.165, 1.54) is 11.8 Å². The molecule has 16 heavy (non-hydrogen) atoms. The van der Waals surface area contributed by atoms with Gasteiger partial charge in [-0.2, -0.15) is 5.26 Å². The fraction of sp³-hybridized carbons (Fsp3) is 0. The van der Waals surface area contributed by atoms with Gasteiger partial charge in [-0.15, -0.1) is 0 Å². The van der Waals surface area contributed by atoms with Gasteiger partial charge in [0.05, 0.1) is 16.1 Å². The highest BCUT2D eigenvalue weighted by atomic mass is 79.9. The minimum absolute atomic E-state index is 0.664. The van der Waals surface area contributed by atoms with Gasteiger partial charge in [-0.1, -0.05) is 17.8 Å². The molecule has 0 saturated carbocycles. The molecule has 0 aliphatic rings. The maximum atomic E-state index is 8.80. The van der Waals surface area contributed by atoms with E-state index in [1.807, 2.05) is 30.3 Å². The molecule has 0 N–H and O–H groups in total. The molecular formula is C12H7BrN2S. The van der Waals surface area contributed by atoms with Gasteiger partial charge in [0.2, 0.25) is 0 Å². The maximum Gasteiger partial charge on any atom is 0.115 e. The summed E-state index contributed by atoms with van der Waals surface area (Å²) in [4.78, 5) is 5.27. The summed E-state index contributed by atoms with van der Waals surface area (Å²) in [7, 11) is 0. The number of benzene rings is 1. The van der Waals surface area contributed by atoms with Crippen molar-refractivity contribution in [1.82, 2.24) is 4.98 Å². The number of rotatable bonds is 2. The van der Waals surface area contributed by atoms with E-state index < -0.39 is 0 Å². The lowest BCUT2D eigenvalue weighted by Gasteiger charge is -2.02. The molecular weight excluding hydrogens is 284 g/mol. The Kier molecular flexibility index (Phi) is 3.60. The largest absolute Gasteiger partial charge is 0.248 e. The lowest BCUT2D eigenvalue weighted by molar-refractivity contribution is 1.11. The molecule has 0 saturated heterocycles. The summed E-state index contributed by atoms with van der Waals surface area (Å²) < 4.78 is 0.961. The summed E-state index contributed by atoms with van der Waals surface area (Å²) in [6.45, 7) is 0. The Balaban J connectivity index is 2.28. The van der Waals surface area contributed by atoms with Gasteiger partial charge in [0.15, 0.2) is 0 Å². The van der Waals surface area contributed by atoms with Crippen LogP contribution in [-0.4, -0.2) is 4.98 Å². The van der Waals surface area contributed by atoms with Gasteiger partial charge in [-0.05, 0) is 46.3 Å². The average Bonchev–Trinajstić information content (AvgIpc) is 2.32. The van der Waals surface area contributed by atoms with E-state index in [-0.39, 0.29) is 0 Å². The Morgan fingerprint density at radius 3 is 2.88 bits per heavy atom. The minimum Gasteiger partial charge on any atom is -0.248 e. The highest BCUT2D eigenvalue weighted by Gasteiger charge is 2.03. The van der Waals surface area contributed by atoms with E-state index in [2.05, 4.69) is 27.0 Å². The molecule has 0 radical (unpaired) electrons. The molecule has 78 valence electrons. The number of aromatic nitrogens is 1. The molecule has 2 nitrogen and oxygen atoms in total. The highest BCUT2D eigenvalue weighted by Crippen LogP contribution is 2.31. The molecule has 0 fully saturated rings. The summed E-state index contributed by atoms with van der Waals surface area (Å²) in [6.07, 6.45) is 1.75. The lowest BCUT2D eigenvalue weighted by atomic mass is 10.2. The van der Waals surface area contributed by atoms with Crippen LogP contribution >= 0.6 is 27.7 Å². The van der Waals surface area contributed by atoms with Crippen LogP contribution in [0.3, 0.4) is 0 Å². The molecule has 0 aliphatic heterocycles. The Hall–Kier alpha value is -1.31. The number of hydrogen-bond donors (Lipinski definition) is 0. The molecule has 1 aromatic carbocycles. The van der Waals surface area contributed by atoms with Crippen molar-refractivity contribution in [3.8, 4) is 6.07 Å². The van der Waals surface area contributed by atoms with E-state index in [1.54, 1.807) is 12.3 Å². The first kappa shape index (κ1) is 11.2. The number of hydrogen-bond acceptors (Lipinski definition) is 3. The molecule has 2 rings (SSSR count). The van der Waals surface area contributed by atoms with Crippen LogP contribution < -0.4 is 0 Å². The number of halogens is 1. The third-order valence-electron chi connectivity index (χ3n) is 1.90. The monoisotopic (exact) mass is 290 g/mol. The predicted octanol–water partition coefficient (Wildman–Crippen LogP) is 3.87. The third kappa shape index (κ3) is 2.63. The summed E-state index contributed by atoms with van der Waals surface area (Å²) in [6, 6.07) is 13.4. The zero-order valence-corrected chi connectivity index (χ0v) is 10.6. The topological polar surface area (TPSA) is 36.7 Å². The molecule has 4 heteroatoms. The molecule has 1 heterocycles. The lowest BCUT2D eigenvalue weighted by Crippen LogP contribution is -1.81. The van der Waals surface area contributed by atoms with Crippen LogP contribution in [0.25, 0.3) is 0 Å². The smallest absolute Gasteiger partial charge is 0.115 e. The van der Waals surface area contributed by atoms with Crippen molar-refractivity contribution < 1.29 is 0 Å². The van der Waals surface area contributed by atoms with Crippen LogP contribution in [0.5, 0.6) is 0 Å². The Morgan fingerprint density at radius 2 is 2.12 bits per heavy atom. The summed E-state index contributed by atoms with van der Waals surface area (Å²) in [5, 5.41) is 9.70. The first-order valence-corrected chi connectivity index (χ1v) is 6.19. The van der Waals surface area contributed by atoms with Crippen molar-refractivity contribution in [3.05, 3.63) is 52.6 Å². The molecule has 2 aromatic rings. The van der Waals surface area contributed by atoms with Crippen LogP contribution in [0.2, 0.25) is 0 Å². The van der Waals surface area contributed by atoms with Crippen LogP contribution in [0.4, 0.5) is 0 Å². The number of nitrogens with zero attached hydrogens (tertiary/aromatic N) is 2. The number of pyridine rings is 1. The molecule has 0 spiro atoms.